The second kappa shape index (κ2) is 5.48. The van der Waals surface area contributed by atoms with Crippen LogP contribution in [0.25, 0.3) is 27.9 Å². The Morgan fingerprint density at radius 2 is 2.15 bits per heavy atom. The Hall–Kier alpha value is -3.03. The number of imidazole rings is 1. The lowest BCUT2D eigenvalue weighted by Gasteiger charge is -2.33. The van der Waals surface area contributed by atoms with Gasteiger partial charge in [-0.1, -0.05) is 0 Å². The molecule has 0 saturated heterocycles. The summed E-state index contributed by atoms with van der Waals surface area (Å²) in [5.74, 6) is 0.434. The molecule has 1 fully saturated rings. The van der Waals surface area contributed by atoms with Crippen LogP contribution in [0.1, 0.15) is 25.0 Å². The quantitative estimate of drug-likeness (QED) is 0.589. The number of hydrogen-bond donors (Lipinski definition) is 2. The summed E-state index contributed by atoms with van der Waals surface area (Å²) in [7, 11) is 0. The van der Waals surface area contributed by atoms with Gasteiger partial charge >= 0.3 is 0 Å². The highest BCUT2D eigenvalue weighted by Crippen LogP contribution is 2.35. The maximum Gasteiger partial charge on any atom is 0.224 e. The Morgan fingerprint density at radius 1 is 1.27 bits per heavy atom. The fourth-order valence-corrected chi connectivity index (χ4v) is 3.31. The number of aryl methyl sites for hydroxylation is 1. The monoisotopic (exact) mass is 351 g/mol. The molecular formula is C18H18FN7. The third-order valence-electron chi connectivity index (χ3n) is 5.05. The number of fused-ring (bicyclic) bond motifs is 2. The molecule has 132 valence electrons. The first kappa shape index (κ1) is 15.2. The van der Waals surface area contributed by atoms with Gasteiger partial charge in [-0.3, -0.25) is 0 Å². The van der Waals surface area contributed by atoms with E-state index in [1.54, 1.807) is 12.4 Å². The third-order valence-corrected chi connectivity index (χ3v) is 5.05. The van der Waals surface area contributed by atoms with Crippen molar-refractivity contribution in [3.8, 4) is 11.3 Å². The van der Waals surface area contributed by atoms with Gasteiger partial charge in [0.05, 0.1) is 24.1 Å². The van der Waals surface area contributed by atoms with E-state index in [0.717, 1.165) is 34.4 Å². The van der Waals surface area contributed by atoms with E-state index in [1.807, 2.05) is 29.8 Å². The molecule has 1 saturated carbocycles. The van der Waals surface area contributed by atoms with E-state index in [4.69, 9.17) is 0 Å². The Labute approximate surface area is 148 Å². The van der Waals surface area contributed by atoms with Gasteiger partial charge in [0.1, 0.15) is 11.3 Å². The van der Waals surface area contributed by atoms with Crippen molar-refractivity contribution in [2.45, 2.75) is 31.9 Å². The van der Waals surface area contributed by atoms with Crippen molar-refractivity contribution in [2.24, 2.45) is 0 Å². The summed E-state index contributed by atoms with van der Waals surface area (Å²) in [5, 5.41) is 8.54. The molecule has 0 aliphatic heterocycles. The summed E-state index contributed by atoms with van der Waals surface area (Å²) in [6.07, 6.45) is 7.57. The highest BCUT2D eigenvalue weighted by molar-refractivity contribution is 5.92. The lowest BCUT2D eigenvalue weighted by atomic mass is 9.82. The van der Waals surface area contributed by atoms with Gasteiger partial charge in [-0.15, -0.1) is 0 Å². The molecule has 0 bridgehead atoms. The Balaban J connectivity index is 1.47. The molecular weight excluding hydrogens is 333 g/mol. The average Bonchev–Trinajstić information content (AvgIpc) is 3.21. The van der Waals surface area contributed by atoms with Crippen molar-refractivity contribution in [3.05, 3.63) is 36.4 Å². The molecule has 1 aliphatic carbocycles. The predicted molar refractivity (Wildman–Crippen MR) is 96.8 cm³/mol. The molecule has 8 heteroatoms. The van der Waals surface area contributed by atoms with Gasteiger partial charge in [-0.25, -0.2) is 18.9 Å². The molecule has 0 amide bonds. The molecule has 4 aromatic heterocycles. The maximum absolute atomic E-state index is 14.1. The molecule has 2 N–H and O–H groups in total. The number of aromatic amines is 1. The predicted octanol–water partition coefficient (Wildman–Crippen LogP) is 3.28. The fourth-order valence-electron chi connectivity index (χ4n) is 3.31. The summed E-state index contributed by atoms with van der Waals surface area (Å²) in [6.45, 7) is 2.22. The van der Waals surface area contributed by atoms with Crippen LogP contribution in [-0.4, -0.2) is 41.8 Å². The molecule has 0 spiro atoms. The number of halogens is 1. The average molecular weight is 351 g/mol. The van der Waals surface area contributed by atoms with E-state index in [2.05, 4.69) is 30.4 Å². The van der Waals surface area contributed by atoms with Crippen LogP contribution in [0.2, 0.25) is 0 Å². The van der Waals surface area contributed by atoms with Crippen molar-refractivity contribution >= 4 is 22.6 Å². The summed E-state index contributed by atoms with van der Waals surface area (Å²) in [4.78, 5) is 16.3. The lowest BCUT2D eigenvalue weighted by molar-refractivity contribution is 0.0782. The van der Waals surface area contributed by atoms with Crippen molar-refractivity contribution in [3.63, 3.8) is 0 Å². The first-order chi connectivity index (χ1) is 12.6. The number of nitrogens with one attached hydrogen (secondary N) is 2. The van der Waals surface area contributed by atoms with Gasteiger partial charge in [0.25, 0.3) is 0 Å². The van der Waals surface area contributed by atoms with Gasteiger partial charge in [0, 0.05) is 23.3 Å². The van der Waals surface area contributed by atoms with E-state index < -0.39 is 5.67 Å². The molecule has 0 radical (unpaired) electrons. The number of anilines is 1. The number of rotatable bonds is 4. The molecule has 7 nitrogen and oxygen atoms in total. The Bertz CT molecular complexity index is 1110. The highest BCUT2D eigenvalue weighted by Gasteiger charge is 2.36. The van der Waals surface area contributed by atoms with Crippen LogP contribution in [0.15, 0.2) is 30.7 Å². The van der Waals surface area contributed by atoms with Crippen LogP contribution in [-0.2, 0) is 0 Å². The van der Waals surface area contributed by atoms with E-state index in [1.165, 1.54) is 0 Å². The first-order valence-electron chi connectivity index (χ1n) is 8.70. The van der Waals surface area contributed by atoms with E-state index in [9.17, 15) is 4.39 Å². The van der Waals surface area contributed by atoms with Gasteiger partial charge < -0.3 is 10.3 Å². The van der Waals surface area contributed by atoms with Crippen molar-refractivity contribution in [1.82, 2.24) is 29.5 Å². The topological polar surface area (TPSA) is 83.8 Å². The zero-order valence-electron chi connectivity index (χ0n) is 14.3. The molecule has 0 unspecified atom stereocenters. The zero-order valence-corrected chi connectivity index (χ0v) is 14.3. The van der Waals surface area contributed by atoms with Crippen molar-refractivity contribution in [2.75, 3.05) is 11.9 Å². The van der Waals surface area contributed by atoms with Crippen LogP contribution < -0.4 is 5.32 Å². The second-order valence-electron chi connectivity index (χ2n) is 6.90. The summed E-state index contributed by atoms with van der Waals surface area (Å²) < 4.78 is 15.9. The zero-order chi connectivity index (χ0) is 17.7. The molecule has 1 aliphatic rings. The minimum absolute atomic E-state index is 0.254. The van der Waals surface area contributed by atoms with E-state index in [-0.39, 0.29) is 6.54 Å². The van der Waals surface area contributed by atoms with Gasteiger partial charge in [0.15, 0.2) is 5.65 Å². The molecule has 5 rings (SSSR count). The minimum Gasteiger partial charge on any atom is -0.351 e. The number of alkyl halides is 1. The Kier molecular flexibility index (Phi) is 3.22. The molecule has 4 aromatic rings. The van der Waals surface area contributed by atoms with E-state index in [0.29, 0.717) is 24.4 Å². The van der Waals surface area contributed by atoms with Crippen LogP contribution in [0.4, 0.5) is 10.3 Å². The summed E-state index contributed by atoms with van der Waals surface area (Å²) in [6, 6.07) is 3.87. The number of H-pyrrole nitrogens is 1. The number of hydrogen-bond acceptors (Lipinski definition) is 5. The van der Waals surface area contributed by atoms with Crippen molar-refractivity contribution < 1.29 is 4.39 Å². The normalized spacial score (nSPS) is 16.1. The van der Waals surface area contributed by atoms with Gasteiger partial charge in [0.2, 0.25) is 5.95 Å². The smallest absolute Gasteiger partial charge is 0.224 e. The summed E-state index contributed by atoms with van der Waals surface area (Å²) >= 11 is 0. The molecule has 0 aromatic carbocycles. The SMILES string of the molecule is Cc1cnc2ccc(-c3c[nH]c4nc(NCC5(F)CCC5)ncc34)nn12. The van der Waals surface area contributed by atoms with Gasteiger partial charge in [-0.2, -0.15) is 10.1 Å². The second-order valence-corrected chi connectivity index (χ2v) is 6.90. The lowest BCUT2D eigenvalue weighted by Crippen LogP contribution is -2.39. The largest absolute Gasteiger partial charge is 0.351 e. The molecule has 0 atom stereocenters. The van der Waals surface area contributed by atoms with Crippen LogP contribution >= 0.6 is 0 Å². The standard InChI is InChI=1S/C18H18FN7/c1-11-7-20-15-4-3-14(25-26(11)15)12-8-21-16-13(12)9-22-17(24-16)23-10-18(19)5-2-6-18/h3-4,7-9H,2,5-6,10H2,1H3,(H2,21,22,23,24). The number of nitrogens with zero attached hydrogens (tertiary/aromatic N) is 5. The van der Waals surface area contributed by atoms with Crippen LogP contribution in [0, 0.1) is 6.92 Å². The molecule has 4 heterocycles. The maximum atomic E-state index is 14.1. The van der Waals surface area contributed by atoms with E-state index >= 15 is 0 Å². The van der Waals surface area contributed by atoms with Crippen LogP contribution in [0.3, 0.4) is 0 Å². The van der Waals surface area contributed by atoms with Crippen molar-refractivity contribution in [1.29, 1.82) is 0 Å². The first-order valence-corrected chi connectivity index (χ1v) is 8.70. The van der Waals surface area contributed by atoms with Crippen LogP contribution in [0.5, 0.6) is 0 Å². The number of aromatic nitrogens is 6. The third kappa shape index (κ3) is 2.40. The fraction of sp³-hybridized carbons (Fsp3) is 0.333. The van der Waals surface area contributed by atoms with Gasteiger partial charge in [-0.05, 0) is 38.3 Å². The summed E-state index contributed by atoms with van der Waals surface area (Å²) in [5.41, 5.74) is 3.10. The molecule has 26 heavy (non-hydrogen) atoms. The highest BCUT2D eigenvalue weighted by atomic mass is 19.1. The Morgan fingerprint density at radius 3 is 2.96 bits per heavy atom. The minimum atomic E-state index is -1.11.